The Labute approximate surface area is 172 Å². The Morgan fingerprint density at radius 1 is 0.591 bits per heavy atom. The van der Waals surface area contributed by atoms with Gasteiger partial charge in [-0.15, -0.1) is 0 Å². The summed E-state index contributed by atoms with van der Waals surface area (Å²) in [5.74, 6) is 0. The molecule has 0 aliphatic rings. The van der Waals surface area contributed by atoms with Gasteiger partial charge in [-0.2, -0.15) is 0 Å². The fraction of sp³-hybridized carbons (Fsp3) is 1.00. The summed E-state index contributed by atoms with van der Waals surface area (Å²) < 4.78 is 11.2. The largest absolute Gasteiger partial charge is 1.00 e. The minimum absolute atomic E-state index is 0. The first-order valence-electron chi connectivity index (χ1n) is 8.72. The summed E-state index contributed by atoms with van der Waals surface area (Å²) in [5, 5.41) is 0. The molecule has 0 bridgehead atoms. The number of hydrogen-bond donors (Lipinski definition) is 0. The molecule has 0 radical (unpaired) electrons. The van der Waals surface area contributed by atoms with Gasteiger partial charge < -0.3 is 24.5 Å². The smallest absolute Gasteiger partial charge is 0.516 e. The molecule has 0 aliphatic heterocycles. The summed E-state index contributed by atoms with van der Waals surface area (Å²) >= 11 is 10.5. The van der Waals surface area contributed by atoms with E-state index in [0.717, 1.165) is 12.8 Å². The standard InChI is InChI=1S/C16H35O2PS2.Na/c1-3-5-7-9-11-13-15-17-19(20,21)18-16-14-12-10-8-6-4-2;/h3-16H2,1-2H3,(H,20,21);/q;+1/p-1. The summed E-state index contributed by atoms with van der Waals surface area (Å²) in [6.45, 7) is 5.81. The van der Waals surface area contributed by atoms with Crippen molar-refractivity contribution < 1.29 is 38.6 Å². The molecule has 0 aliphatic carbocycles. The molecule has 22 heavy (non-hydrogen) atoms. The SMILES string of the molecule is CCCCCCCCO[P+]([S-])([S-])OCCCCCCCC.[Na+]. The van der Waals surface area contributed by atoms with Crippen molar-refractivity contribution in [3.05, 3.63) is 0 Å². The van der Waals surface area contributed by atoms with Crippen LogP contribution in [0.2, 0.25) is 0 Å². The number of rotatable bonds is 16. The molecular formula is C16H34NaO2PS2. The topological polar surface area (TPSA) is 18.5 Å². The summed E-state index contributed by atoms with van der Waals surface area (Å²) in [5.41, 5.74) is 0. The van der Waals surface area contributed by atoms with E-state index >= 15 is 0 Å². The molecule has 0 saturated heterocycles. The Morgan fingerprint density at radius 3 is 1.27 bits per heavy atom. The van der Waals surface area contributed by atoms with Crippen molar-refractivity contribution in [3.8, 4) is 0 Å². The fourth-order valence-electron chi connectivity index (χ4n) is 2.15. The monoisotopic (exact) mass is 376 g/mol. The van der Waals surface area contributed by atoms with E-state index in [1.54, 1.807) is 0 Å². The van der Waals surface area contributed by atoms with E-state index in [1.807, 2.05) is 0 Å². The second kappa shape index (κ2) is 19.4. The maximum Gasteiger partial charge on any atom is 1.00 e. The third-order valence-corrected chi connectivity index (χ3v) is 5.76. The third kappa shape index (κ3) is 20.1. The van der Waals surface area contributed by atoms with Gasteiger partial charge >= 0.3 is 29.6 Å². The predicted octanol–water partition coefficient (Wildman–Crippen LogP) is 3.52. The molecule has 0 aromatic rings. The van der Waals surface area contributed by atoms with Crippen LogP contribution in [0.4, 0.5) is 0 Å². The van der Waals surface area contributed by atoms with Crippen molar-refractivity contribution in [2.45, 2.75) is 90.9 Å². The average molecular weight is 377 g/mol. The van der Waals surface area contributed by atoms with E-state index in [1.165, 1.54) is 64.2 Å². The fourth-order valence-corrected chi connectivity index (χ4v) is 3.83. The van der Waals surface area contributed by atoms with Gasteiger partial charge in [0.15, 0.2) is 0 Å². The molecule has 0 aromatic carbocycles. The van der Waals surface area contributed by atoms with Crippen LogP contribution in [0.5, 0.6) is 0 Å². The van der Waals surface area contributed by atoms with Crippen molar-refractivity contribution in [2.24, 2.45) is 0 Å². The van der Waals surface area contributed by atoms with Crippen LogP contribution in [0.25, 0.3) is 0 Å². The van der Waals surface area contributed by atoms with Gasteiger partial charge in [0.2, 0.25) is 0 Å². The van der Waals surface area contributed by atoms with E-state index in [9.17, 15) is 0 Å². The zero-order chi connectivity index (χ0) is 15.8. The Bertz CT molecular complexity index is 202. The van der Waals surface area contributed by atoms with Gasteiger partial charge in [0.05, 0.1) is 13.2 Å². The van der Waals surface area contributed by atoms with Crippen LogP contribution in [-0.2, 0) is 33.5 Å². The minimum Gasteiger partial charge on any atom is -0.516 e. The van der Waals surface area contributed by atoms with Crippen LogP contribution in [-0.4, -0.2) is 13.2 Å². The van der Waals surface area contributed by atoms with Gasteiger partial charge in [-0.25, -0.2) is 0 Å². The van der Waals surface area contributed by atoms with Crippen molar-refractivity contribution >= 4 is 30.6 Å². The van der Waals surface area contributed by atoms with E-state index in [-0.39, 0.29) is 29.6 Å². The van der Waals surface area contributed by atoms with Gasteiger partial charge in [-0.05, 0) is 12.8 Å². The van der Waals surface area contributed by atoms with Crippen LogP contribution in [0.1, 0.15) is 90.9 Å². The molecule has 6 heteroatoms. The van der Waals surface area contributed by atoms with Crippen LogP contribution >= 0.6 is 6.12 Å². The second-order valence-electron chi connectivity index (χ2n) is 5.65. The Morgan fingerprint density at radius 2 is 0.909 bits per heavy atom. The average Bonchev–Trinajstić information content (AvgIpc) is 2.45. The Balaban J connectivity index is 0. The number of hydrogen-bond acceptors (Lipinski definition) is 4. The first-order chi connectivity index (χ1) is 10.1. The second-order valence-corrected chi connectivity index (χ2v) is 10.6. The molecule has 0 aromatic heterocycles. The Kier molecular flexibility index (Phi) is 23.1. The maximum absolute atomic E-state index is 5.60. The molecule has 0 atom stereocenters. The number of unbranched alkanes of at least 4 members (excludes halogenated alkanes) is 10. The van der Waals surface area contributed by atoms with Gasteiger partial charge in [0.25, 0.3) is 0 Å². The minimum atomic E-state index is -2.40. The van der Waals surface area contributed by atoms with E-state index < -0.39 is 6.12 Å². The zero-order valence-corrected chi connectivity index (χ0v) is 19.5. The molecule has 0 saturated carbocycles. The molecule has 2 nitrogen and oxygen atoms in total. The van der Waals surface area contributed by atoms with Crippen LogP contribution in [0.3, 0.4) is 0 Å². The predicted molar refractivity (Wildman–Crippen MR) is 100 cm³/mol. The van der Waals surface area contributed by atoms with Crippen molar-refractivity contribution in [2.75, 3.05) is 13.2 Å². The molecule has 0 N–H and O–H groups in total. The van der Waals surface area contributed by atoms with Crippen molar-refractivity contribution in [1.82, 2.24) is 0 Å². The van der Waals surface area contributed by atoms with Crippen LogP contribution < -0.4 is 29.6 Å². The third-order valence-electron chi connectivity index (χ3n) is 3.49. The molecule has 0 rings (SSSR count). The van der Waals surface area contributed by atoms with Gasteiger partial charge in [0, 0.05) is 6.12 Å². The van der Waals surface area contributed by atoms with Crippen LogP contribution in [0.15, 0.2) is 0 Å². The Hall–Kier alpha value is 2.05. The molecule has 0 heterocycles. The quantitative estimate of drug-likeness (QED) is 0.177. The summed E-state index contributed by atoms with van der Waals surface area (Å²) in [6.07, 6.45) is 12.6. The summed E-state index contributed by atoms with van der Waals surface area (Å²) in [4.78, 5) is 0. The van der Waals surface area contributed by atoms with Gasteiger partial charge in [0.1, 0.15) is 0 Å². The van der Waals surface area contributed by atoms with E-state index in [4.69, 9.17) is 33.5 Å². The molecule has 128 valence electrons. The first-order valence-corrected chi connectivity index (χ1v) is 12.4. The normalized spacial score (nSPS) is 11.5. The summed E-state index contributed by atoms with van der Waals surface area (Å²) in [7, 11) is 0. The van der Waals surface area contributed by atoms with E-state index in [0.29, 0.717) is 13.2 Å². The maximum atomic E-state index is 5.60. The zero-order valence-electron chi connectivity index (χ0n) is 15.0. The molecule has 0 unspecified atom stereocenters. The summed E-state index contributed by atoms with van der Waals surface area (Å²) in [6, 6.07) is 0. The van der Waals surface area contributed by atoms with Crippen molar-refractivity contribution in [1.29, 1.82) is 0 Å². The molecular weight excluding hydrogens is 342 g/mol. The van der Waals surface area contributed by atoms with E-state index in [2.05, 4.69) is 13.8 Å². The first kappa shape index (κ1) is 26.3. The van der Waals surface area contributed by atoms with Gasteiger partial charge in [-0.3, -0.25) is 9.05 Å². The molecule has 0 fully saturated rings. The van der Waals surface area contributed by atoms with Crippen LogP contribution in [0, 0.1) is 0 Å². The van der Waals surface area contributed by atoms with Crippen molar-refractivity contribution in [3.63, 3.8) is 0 Å². The van der Waals surface area contributed by atoms with Gasteiger partial charge in [-0.1, -0.05) is 78.1 Å². The molecule has 0 spiro atoms. The molecule has 0 amide bonds.